The first kappa shape index (κ1) is 25.4. The van der Waals surface area contributed by atoms with Gasteiger partial charge in [0.25, 0.3) is 5.91 Å². The molecule has 0 aliphatic carbocycles. The second-order valence-electron chi connectivity index (χ2n) is 7.59. The highest BCUT2D eigenvalue weighted by molar-refractivity contribution is 5.92. The van der Waals surface area contributed by atoms with Gasteiger partial charge in [-0.05, 0) is 48.4 Å². The normalized spacial score (nSPS) is 11.2. The SMILES string of the molecule is COc1ccc(CNC(=O)C(C)OC(=O)c2ccc(OCc3ccccc3)c(OC)c2)cc1OC. The molecule has 3 aromatic rings. The number of carbonyl (C=O) groups excluding carboxylic acids is 2. The fourth-order valence-corrected chi connectivity index (χ4v) is 3.25. The van der Waals surface area contributed by atoms with E-state index in [0.29, 0.717) is 29.6 Å². The highest BCUT2D eigenvalue weighted by Gasteiger charge is 2.20. The summed E-state index contributed by atoms with van der Waals surface area (Å²) >= 11 is 0. The number of hydrogen-bond donors (Lipinski definition) is 1. The zero-order chi connectivity index (χ0) is 25.2. The number of rotatable bonds is 11. The average molecular weight is 480 g/mol. The Labute approximate surface area is 204 Å². The van der Waals surface area contributed by atoms with Gasteiger partial charge in [-0.25, -0.2) is 4.79 Å². The van der Waals surface area contributed by atoms with E-state index < -0.39 is 18.0 Å². The van der Waals surface area contributed by atoms with E-state index >= 15 is 0 Å². The van der Waals surface area contributed by atoms with Crippen LogP contribution in [0.1, 0.15) is 28.4 Å². The van der Waals surface area contributed by atoms with Gasteiger partial charge in [-0.1, -0.05) is 36.4 Å². The van der Waals surface area contributed by atoms with Crippen molar-refractivity contribution in [3.8, 4) is 23.0 Å². The molecule has 8 nitrogen and oxygen atoms in total. The van der Waals surface area contributed by atoms with Crippen LogP contribution in [-0.4, -0.2) is 39.3 Å². The molecule has 1 N–H and O–H groups in total. The third-order valence-electron chi connectivity index (χ3n) is 5.20. The number of hydrogen-bond acceptors (Lipinski definition) is 7. The summed E-state index contributed by atoms with van der Waals surface area (Å²) in [7, 11) is 4.58. The van der Waals surface area contributed by atoms with E-state index in [1.807, 2.05) is 36.4 Å². The van der Waals surface area contributed by atoms with Crippen molar-refractivity contribution in [2.75, 3.05) is 21.3 Å². The lowest BCUT2D eigenvalue weighted by Crippen LogP contribution is -2.35. The molecule has 8 heteroatoms. The molecule has 0 saturated carbocycles. The quantitative estimate of drug-likeness (QED) is 0.413. The Balaban J connectivity index is 1.56. The number of methoxy groups -OCH3 is 3. The lowest BCUT2D eigenvalue weighted by molar-refractivity contribution is -0.129. The summed E-state index contributed by atoms with van der Waals surface area (Å²) in [5.74, 6) is 0.963. The lowest BCUT2D eigenvalue weighted by Gasteiger charge is -2.15. The fraction of sp³-hybridized carbons (Fsp3) is 0.259. The van der Waals surface area contributed by atoms with Gasteiger partial charge in [0, 0.05) is 6.54 Å². The van der Waals surface area contributed by atoms with Crippen molar-refractivity contribution in [1.82, 2.24) is 5.32 Å². The summed E-state index contributed by atoms with van der Waals surface area (Å²) in [6, 6.07) is 19.8. The first-order valence-corrected chi connectivity index (χ1v) is 11.0. The molecule has 0 saturated heterocycles. The zero-order valence-corrected chi connectivity index (χ0v) is 20.2. The molecule has 1 atom stereocenters. The van der Waals surface area contributed by atoms with E-state index in [2.05, 4.69) is 5.32 Å². The van der Waals surface area contributed by atoms with Gasteiger partial charge in [-0.3, -0.25) is 4.79 Å². The second kappa shape index (κ2) is 12.3. The van der Waals surface area contributed by atoms with Crippen molar-refractivity contribution in [2.45, 2.75) is 26.2 Å². The summed E-state index contributed by atoms with van der Waals surface area (Å²) < 4.78 is 27.0. The minimum absolute atomic E-state index is 0.238. The Morgan fingerprint density at radius 3 is 2.11 bits per heavy atom. The number of ether oxygens (including phenoxy) is 5. The molecule has 184 valence electrons. The maximum atomic E-state index is 12.6. The van der Waals surface area contributed by atoms with Crippen LogP contribution in [0.25, 0.3) is 0 Å². The molecule has 35 heavy (non-hydrogen) atoms. The number of amides is 1. The molecule has 0 aromatic heterocycles. The summed E-state index contributed by atoms with van der Waals surface area (Å²) in [5.41, 5.74) is 2.06. The van der Waals surface area contributed by atoms with Crippen LogP contribution in [0.3, 0.4) is 0 Å². The molecule has 1 amide bonds. The standard InChI is InChI=1S/C27H29NO7/c1-18(26(29)28-16-20-10-12-22(31-2)24(14-20)32-3)35-27(30)21-11-13-23(25(15-21)33-4)34-17-19-8-6-5-7-9-19/h5-15,18H,16-17H2,1-4H3,(H,28,29). The van der Waals surface area contributed by atoms with E-state index in [9.17, 15) is 9.59 Å². The molecule has 0 bridgehead atoms. The minimum atomic E-state index is -0.998. The van der Waals surface area contributed by atoms with E-state index in [4.69, 9.17) is 23.7 Å². The van der Waals surface area contributed by atoms with Crippen LogP contribution in [-0.2, 0) is 22.7 Å². The number of esters is 1. The Kier molecular flexibility index (Phi) is 8.95. The molecule has 0 aliphatic rings. The maximum Gasteiger partial charge on any atom is 0.339 e. The van der Waals surface area contributed by atoms with Crippen molar-refractivity contribution in [3.05, 3.63) is 83.4 Å². The predicted octanol–water partition coefficient (Wildman–Crippen LogP) is 4.15. The van der Waals surface area contributed by atoms with Crippen molar-refractivity contribution in [2.24, 2.45) is 0 Å². The van der Waals surface area contributed by atoms with Gasteiger partial charge in [0.15, 0.2) is 29.1 Å². The van der Waals surface area contributed by atoms with E-state index in [1.165, 1.54) is 20.1 Å². The Hall–Kier alpha value is -4.20. The molecule has 0 radical (unpaired) electrons. The minimum Gasteiger partial charge on any atom is -0.493 e. The van der Waals surface area contributed by atoms with Gasteiger partial charge in [-0.15, -0.1) is 0 Å². The van der Waals surface area contributed by atoms with Crippen LogP contribution >= 0.6 is 0 Å². The molecule has 3 rings (SSSR count). The van der Waals surface area contributed by atoms with Crippen molar-refractivity contribution < 1.29 is 33.3 Å². The summed E-state index contributed by atoms with van der Waals surface area (Å²) in [5, 5.41) is 2.75. The summed E-state index contributed by atoms with van der Waals surface area (Å²) in [6.07, 6.45) is -0.998. The average Bonchev–Trinajstić information content (AvgIpc) is 2.90. The monoisotopic (exact) mass is 479 g/mol. The summed E-state index contributed by atoms with van der Waals surface area (Å²) in [4.78, 5) is 25.1. The van der Waals surface area contributed by atoms with Crippen molar-refractivity contribution >= 4 is 11.9 Å². The molecular formula is C27H29NO7. The Morgan fingerprint density at radius 1 is 0.771 bits per heavy atom. The number of nitrogens with one attached hydrogen (secondary N) is 1. The number of carbonyl (C=O) groups is 2. The first-order valence-electron chi connectivity index (χ1n) is 11.0. The van der Waals surface area contributed by atoms with Gasteiger partial charge in [0.05, 0.1) is 26.9 Å². The third kappa shape index (κ3) is 6.89. The van der Waals surface area contributed by atoms with Crippen LogP contribution in [0.5, 0.6) is 23.0 Å². The van der Waals surface area contributed by atoms with Gasteiger partial charge in [0.2, 0.25) is 0 Å². The van der Waals surface area contributed by atoms with Gasteiger partial charge in [0.1, 0.15) is 6.61 Å². The van der Waals surface area contributed by atoms with Crippen LogP contribution < -0.4 is 24.3 Å². The highest BCUT2D eigenvalue weighted by atomic mass is 16.5. The van der Waals surface area contributed by atoms with Crippen LogP contribution in [0.4, 0.5) is 0 Å². The van der Waals surface area contributed by atoms with E-state index in [0.717, 1.165) is 11.1 Å². The topological polar surface area (TPSA) is 92.3 Å². The zero-order valence-electron chi connectivity index (χ0n) is 20.2. The first-order chi connectivity index (χ1) is 16.9. The maximum absolute atomic E-state index is 12.6. The lowest BCUT2D eigenvalue weighted by atomic mass is 10.2. The second-order valence-corrected chi connectivity index (χ2v) is 7.59. The smallest absolute Gasteiger partial charge is 0.339 e. The fourth-order valence-electron chi connectivity index (χ4n) is 3.25. The molecule has 0 spiro atoms. The molecule has 3 aromatic carbocycles. The Morgan fingerprint density at radius 2 is 1.43 bits per heavy atom. The number of benzene rings is 3. The summed E-state index contributed by atoms with van der Waals surface area (Å²) in [6.45, 7) is 2.11. The van der Waals surface area contributed by atoms with Crippen LogP contribution in [0.2, 0.25) is 0 Å². The van der Waals surface area contributed by atoms with Gasteiger partial charge < -0.3 is 29.0 Å². The molecule has 0 heterocycles. The largest absolute Gasteiger partial charge is 0.493 e. The van der Waals surface area contributed by atoms with Gasteiger partial charge in [-0.2, -0.15) is 0 Å². The molecule has 0 aliphatic heterocycles. The molecule has 0 fully saturated rings. The molecular weight excluding hydrogens is 450 g/mol. The third-order valence-corrected chi connectivity index (χ3v) is 5.20. The molecule has 1 unspecified atom stereocenters. The van der Waals surface area contributed by atoms with E-state index in [-0.39, 0.29) is 12.1 Å². The van der Waals surface area contributed by atoms with Crippen LogP contribution in [0.15, 0.2) is 66.7 Å². The highest BCUT2D eigenvalue weighted by Crippen LogP contribution is 2.29. The van der Waals surface area contributed by atoms with Crippen molar-refractivity contribution in [1.29, 1.82) is 0 Å². The predicted molar refractivity (Wildman–Crippen MR) is 130 cm³/mol. The van der Waals surface area contributed by atoms with Crippen molar-refractivity contribution in [3.63, 3.8) is 0 Å². The van der Waals surface area contributed by atoms with E-state index in [1.54, 1.807) is 38.5 Å². The van der Waals surface area contributed by atoms with Gasteiger partial charge >= 0.3 is 5.97 Å². The Bertz CT molecular complexity index is 1150. The van der Waals surface area contributed by atoms with Crippen LogP contribution in [0, 0.1) is 0 Å².